The molecule has 1 atom stereocenters. The van der Waals surface area contributed by atoms with E-state index in [1.807, 2.05) is 36.4 Å². The Bertz CT molecular complexity index is 949. The molecule has 0 fully saturated rings. The average Bonchev–Trinajstić information content (AvgIpc) is 3.27. The van der Waals surface area contributed by atoms with Crippen LogP contribution in [0, 0.1) is 0 Å². The number of rotatable bonds is 8. The van der Waals surface area contributed by atoms with E-state index in [2.05, 4.69) is 4.98 Å². The molecule has 6 nitrogen and oxygen atoms in total. The van der Waals surface area contributed by atoms with Gasteiger partial charge in [0, 0.05) is 12.5 Å². The Morgan fingerprint density at radius 1 is 1.15 bits per heavy atom. The van der Waals surface area contributed by atoms with E-state index in [4.69, 9.17) is 19.0 Å². The SMILES string of the molecule is O=C(O)C[C@@H]1CCc2cc(OCCCOc3ccc4ncoc4c3)ccc21. The molecule has 1 aliphatic carbocycles. The Labute approximate surface area is 156 Å². The highest BCUT2D eigenvalue weighted by atomic mass is 16.5. The molecule has 1 aliphatic rings. The van der Waals surface area contributed by atoms with Crippen LogP contribution in [0.4, 0.5) is 0 Å². The number of carboxylic acid groups (broad SMARTS) is 1. The molecule has 0 saturated carbocycles. The fraction of sp³-hybridized carbons (Fsp3) is 0.333. The van der Waals surface area contributed by atoms with E-state index in [0.29, 0.717) is 18.8 Å². The fourth-order valence-corrected chi connectivity index (χ4v) is 3.56. The van der Waals surface area contributed by atoms with Gasteiger partial charge in [0.05, 0.1) is 19.6 Å². The second kappa shape index (κ2) is 7.70. The van der Waals surface area contributed by atoms with Gasteiger partial charge < -0.3 is 19.0 Å². The fourth-order valence-electron chi connectivity index (χ4n) is 3.56. The molecule has 0 spiro atoms. The van der Waals surface area contributed by atoms with E-state index in [1.165, 1.54) is 12.0 Å². The lowest BCUT2D eigenvalue weighted by atomic mass is 9.98. The van der Waals surface area contributed by atoms with Gasteiger partial charge in [0.1, 0.15) is 17.0 Å². The Morgan fingerprint density at radius 3 is 2.74 bits per heavy atom. The van der Waals surface area contributed by atoms with E-state index in [-0.39, 0.29) is 12.3 Å². The molecule has 0 saturated heterocycles. The molecule has 27 heavy (non-hydrogen) atoms. The highest BCUT2D eigenvalue weighted by molar-refractivity contribution is 5.73. The van der Waals surface area contributed by atoms with Crippen molar-refractivity contribution in [3.05, 3.63) is 53.9 Å². The summed E-state index contributed by atoms with van der Waals surface area (Å²) in [5.41, 5.74) is 3.88. The summed E-state index contributed by atoms with van der Waals surface area (Å²) in [5.74, 6) is 0.964. The Balaban J connectivity index is 1.24. The number of fused-ring (bicyclic) bond motifs is 2. The van der Waals surface area contributed by atoms with Crippen LogP contribution in [-0.4, -0.2) is 29.3 Å². The van der Waals surface area contributed by atoms with Gasteiger partial charge in [0.25, 0.3) is 0 Å². The van der Waals surface area contributed by atoms with Gasteiger partial charge in [-0.15, -0.1) is 0 Å². The molecular weight excluding hydrogens is 346 g/mol. The topological polar surface area (TPSA) is 81.8 Å². The smallest absolute Gasteiger partial charge is 0.303 e. The van der Waals surface area contributed by atoms with Crippen molar-refractivity contribution in [2.24, 2.45) is 0 Å². The molecule has 3 aromatic rings. The van der Waals surface area contributed by atoms with Gasteiger partial charge in [-0.2, -0.15) is 0 Å². The van der Waals surface area contributed by atoms with Crippen LogP contribution in [0.1, 0.15) is 36.3 Å². The molecule has 0 bridgehead atoms. The third-order valence-electron chi connectivity index (χ3n) is 4.87. The number of aromatic nitrogens is 1. The van der Waals surface area contributed by atoms with Crippen molar-refractivity contribution in [3.63, 3.8) is 0 Å². The lowest BCUT2D eigenvalue weighted by molar-refractivity contribution is -0.137. The first-order valence-electron chi connectivity index (χ1n) is 9.12. The minimum Gasteiger partial charge on any atom is -0.493 e. The molecular formula is C21H21NO5. The zero-order valence-electron chi connectivity index (χ0n) is 14.9. The van der Waals surface area contributed by atoms with Gasteiger partial charge in [-0.3, -0.25) is 4.79 Å². The average molecular weight is 367 g/mol. The van der Waals surface area contributed by atoms with Crippen LogP contribution in [0.2, 0.25) is 0 Å². The molecule has 0 unspecified atom stereocenters. The second-order valence-electron chi connectivity index (χ2n) is 6.73. The van der Waals surface area contributed by atoms with E-state index in [9.17, 15) is 4.79 Å². The maximum absolute atomic E-state index is 10.9. The Kier molecular flexibility index (Phi) is 4.96. The Morgan fingerprint density at radius 2 is 1.93 bits per heavy atom. The number of ether oxygens (including phenoxy) is 2. The van der Waals surface area contributed by atoms with Crippen LogP contribution >= 0.6 is 0 Å². The predicted octanol–water partition coefficient (Wildman–Crippen LogP) is 4.18. The van der Waals surface area contributed by atoms with Gasteiger partial charge in [0.2, 0.25) is 0 Å². The number of aliphatic carboxylic acids is 1. The zero-order valence-corrected chi connectivity index (χ0v) is 14.9. The highest BCUT2D eigenvalue weighted by Gasteiger charge is 2.24. The van der Waals surface area contributed by atoms with Crippen LogP contribution < -0.4 is 9.47 Å². The molecule has 0 amide bonds. The van der Waals surface area contributed by atoms with Gasteiger partial charge in [-0.1, -0.05) is 6.07 Å². The van der Waals surface area contributed by atoms with Crippen LogP contribution in [0.5, 0.6) is 11.5 Å². The maximum atomic E-state index is 10.9. The standard InChI is InChI=1S/C21H21NO5/c23-21(24)11-15-3-2-14-10-16(4-6-18(14)15)25-8-1-9-26-17-5-7-19-20(12-17)27-13-22-19/h4-7,10,12-13,15H,1-3,8-9,11H2,(H,23,24)/t15-/m0/s1. The third-order valence-corrected chi connectivity index (χ3v) is 4.87. The van der Waals surface area contributed by atoms with E-state index < -0.39 is 5.97 Å². The van der Waals surface area contributed by atoms with Crippen molar-refractivity contribution >= 4 is 17.1 Å². The molecule has 0 radical (unpaired) electrons. The summed E-state index contributed by atoms with van der Waals surface area (Å²) in [7, 11) is 0. The molecule has 2 aromatic carbocycles. The van der Waals surface area contributed by atoms with Gasteiger partial charge in [-0.05, 0) is 54.2 Å². The number of oxazole rings is 1. The van der Waals surface area contributed by atoms with Crippen molar-refractivity contribution in [3.8, 4) is 11.5 Å². The molecule has 0 aliphatic heterocycles. The lowest BCUT2D eigenvalue weighted by Gasteiger charge is -2.11. The van der Waals surface area contributed by atoms with Crippen LogP contribution in [0.3, 0.4) is 0 Å². The van der Waals surface area contributed by atoms with Gasteiger partial charge >= 0.3 is 5.97 Å². The summed E-state index contributed by atoms with van der Waals surface area (Å²) in [6.07, 6.45) is 4.19. The highest BCUT2D eigenvalue weighted by Crippen LogP contribution is 2.37. The number of aryl methyl sites for hydroxylation is 1. The quantitative estimate of drug-likeness (QED) is 0.602. The monoisotopic (exact) mass is 367 g/mol. The van der Waals surface area contributed by atoms with Crippen molar-refractivity contribution in [2.75, 3.05) is 13.2 Å². The number of benzene rings is 2. The van der Waals surface area contributed by atoms with Crippen molar-refractivity contribution < 1.29 is 23.8 Å². The van der Waals surface area contributed by atoms with E-state index in [1.54, 1.807) is 0 Å². The minimum atomic E-state index is -0.740. The molecule has 140 valence electrons. The van der Waals surface area contributed by atoms with Crippen molar-refractivity contribution in [1.82, 2.24) is 4.98 Å². The summed E-state index contributed by atoms with van der Waals surface area (Å²) in [6.45, 7) is 1.10. The third kappa shape index (κ3) is 4.05. The summed E-state index contributed by atoms with van der Waals surface area (Å²) < 4.78 is 16.8. The lowest BCUT2D eigenvalue weighted by Crippen LogP contribution is -2.05. The van der Waals surface area contributed by atoms with Gasteiger partial charge in [-0.25, -0.2) is 4.98 Å². The molecule has 6 heteroatoms. The first kappa shape index (κ1) is 17.4. The normalized spacial score (nSPS) is 15.6. The molecule has 4 rings (SSSR count). The van der Waals surface area contributed by atoms with Gasteiger partial charge in [0.15, 0.2) is 12.0 Å². The van der Waals surface area contributed by atoms with Crippen LogP contribution in [0.25, 0.3) is 11.1 Å². The summed E-state index contributed by atoms with van der Waals surface area (Å²) in [6, 6.07) is 11.5. The Hall–Kier alpha value is -3.02. The number of carboxylic acids is 1. The van der Waals surface area contributed by atoms with Crippen LogP contribution in [0.15, 0.2) is 47.2 Å². The number of hydrogen-bond acceptors (Lipinski definition) is 5. The first-order valence-corrected chi connectivity index (χ1v) is 9.12. The van der Waals surface area contributed by atoms with Crippen LogP contribution in [-0.2, 0) is 11.2 Å². The van der Waals surface area contributed by atoms with Crippen molar-refractivity contribution in [2.45, 2.75) is 31.6 Å². The summed E-state index contributed by atoms with van der Waals surface area (Å²) in [4.78, 5) is 15.0. The first-order chi connectivity index (χ1) is 13.2. The number of carbonyl (C=O) groups is 1. The molecule has 1 aromatic heterocycles. The number of hydrogen-bond donors (Lipinski definition) is 1. The second-order valence-corrected chi connectivity index (χ2v) is 6.73. The number of nitrogens with zero attached hydrogens (tertiary/aromatic N) is 1. The molecule has 1 heterocycles. The van der Waals surface area contributed by atoms with E-state index in [0.717, 1.165) is 41.8 Å². The molecule has 1 N–H and O–H groups in total. The minimum absolute atomic E-state index is 0.127. The largest absolute Gasteiger partial charge is 0.493 e. The zero-order chi connectivity index (χ0) is 18.6. The van der Waals surface area contributed by atoms with Crippen molar-refractivity contribution in [1.29, 1.82) is 0 Å². The summed E-state index contributed by atoms with van der Waals surface area (Å²) >= 11 is 0. The predicted molar refractivity (Wildman–Crippen MR) is 99.4 cm³/mol. The van der Waals surface area contributed by atoms with E-state index >= 15 is 0 Å². The maximum Gasteiger partial charge on any atom is 0.303 e. The summed E-state index contributed by atoms with van der Waals surface area (Å²) in [5, 5.41) is 9.00.